The number of benzene rings is 1. The van der Waals surface area contributed by atoms with Gasteiger partial charge in [0.15, 0.2) is 0 Å². The molecule has 0 radical (unpaired) electrons. The summed E-state index contributed by atoms with van der Waals surface area (Å²) in [5.74, 6) is 0. The zero-order chi connectivity index (χ0) is 15.7. The van der Waals surface area contributed by atoms with Crippen molar-refractivity contribution >= 4 is 32.3 Å². The molecular weight excluding hydrogens is 320 g/mol. The summed E-state index contributed by atoms with van der Waals surface area (Å²) in [4.78, 5) is 14.8. The third kappa shape index (κ3) is 2.96. The van der Waals surface area contributed by atoms with E-state index in [4.69, 9.17) is 0 Å². The highest BCUT2D eigenvalue weighted by molar-refractivity contribution is 7.91. The minimum absolute atomic E-state index is 0.0423. The van der Waals surface area contributed by atoms with Crippen molar-refractivity contribution in [3.05, 3.63) is 63.3 Å². The average Bonchev–Trinajstić information content (AvgIpc) is 3.00. The van der Waals surface area contributed by atoms with Crippen molar-refractivity contribution in [2.75, 3.05) is 0 Å². The number of hydrogen-bond donors (Lipinski definition) is 2. The molecule has 3 aromatic rings. The Morgan fingerprint density at radius 2 is 2.05 bits per heavy atom. The number of aromatic nitrogens is 1. The first-order valence-corrected chi connectivity index (χ1v) is 8.98. The molecular formula is C15H14N2O3S2. The lowest BCUT2D eigenvalue weighted by molar-refractivity contribution is 0.583. The molecule has 0 bridgehead atoms. The third-order valence-corrected chi connectivity index (χ3v) is 6.09. The van der Waals surface area contributed by atoms with Crippen LogP contribution >= 0.6 is 11.3 Å². The molecule has 0 aliphatic rings. The number of hydrogen-bond acceptors (Lipinski definition) is 4. The molecule has 2 heterocycles. The maximum absolute atomic E-state index is 12.1. The SMILES string of the molecule is Cc1ccc2cc(CNS(=O)(=O)c3cccs3)c(=O)[nH]c2c1. The van der Waals surface area contributed by atoms with Crippen molar-refractivity contribution in [1.29, 1.82) is 0 Å². The Hall–Kier alpha value is -1.96. The van der Waals surface area contributed by atoms with Crippen LogP contribution in [0.3, 0.4) is 0 Å². The van der Waals surface area contributed by atoms with Gasteiger partial charge in [-0.1, -0.05) is 18.2 Å². The van der Waals surface area contributed by atoms with Crippen LogP contribution < -0.4 is 10.3 Å². The van der Waals surface area contributed by atoms with Crippen molar-refractivity contribution in [2.24, 2.45) is 0 Å². The summed E-state index contributed by atoms with van der Waals surface area (Å²) in [7, 11) is -3.58. The summed E-state index contributed by atoms with van der Waals surface area (Å²) >= 11 is 1.14. The van der Waals surface area contributed by atoms with E-state index in [9.17, 15) is 13.2 Å². The molecule has 2 N–H and O–H groups in total. The lowest BCUT2D eigenvalue weighted by atomic mass is 10.1. The Kier molecular flexibility index (Phi) is 3.86. The Labute approximate surface area is 131 Å². The van der Waals surface area contributed by atoms with Crippen molar-refractivity contribution in [2.45, 2.75) is 17.7 Å². The molecule has 0 atom stereocenters. The summed E-state index contributed by atoms with van der Waals surface area (Å²) in [5.41, 5.74) is 1.90. The summed E-state index contributed by atoms with van der Waals surface area (Å²) in [6, 6.07) is 10.6. The van der Waals surface area contributed by atoms with Crippen molar-refractivity contribution < 1.29 is 8.42 Å². The highest BCUT2D eigenvalue weighted by atomic mass is 32.2. The molecule has 0 saturated heterocycles. The van der Waals surface area contributed by atoms with Gasteiger partial charge in [0.25, 0.3) is 5.56 Å². The van der Waals surface area contributed by atoms with Crippen LogP contribution in [0.15, 0.2) is 50.8 Å². The van der Waals surface area contributed by atoms with Crippen LogP contribution in [0.1, 0.15) is 11.1 Å². The van der Waals surface area contributed by atoms with E-state index in [0.717, 1.165) is 27.8 Å². The fraction of sp³-hybridized carbons (Fsp3) is 0.133. The van der Waals surface area contributed by atoms with Crippen LogP contribution in [0, 0.1) is 6.92 Å². The molecule has 0 saturated carbocycles. The fourth-order valence-electron chi connectivity index (χ4n) is 2.15. The second-order valence-corrected chi connectivity index (χ2v) is 7.91. The van der Waals surface area contributed by atoms with Crippen LogP contribution in [0.2, 0.25) is 0 Å². The largest absolute Gasteiger partial charge is 0.322 e. The van der Waals surface area contributed by atoms with E-state index in [2.05, 4.69) is 9.71 Å². The van der Waals surface area contributed by atoms with Gasteiger partial charge in [-0.15, -0.1) is 11.3 Å². The van der Waals surface area contributed by atoms with Gasteiger partial charge < -0.3 is 4.98 Å². The Bertz CT molecular complexity index is 974. The van der Waals surface area contributed by atoms with Gasteiger partial charge in [-0.2, -0.15) is 0 Å². The lowest BCUT2D eigenvalue weighted by Crippen LogP contribution is -2.26. The molecule has 3 rings (SSSR count). The van der Waals surface area contributed by atoms with Gasteiger partial charge in [0.1, 0.15) is 4.21 Å². The van der Waals surface area contributed by atoms with Gasteiger partial charge >= 0.3 is 0 Å². The number of pyridine rings is 1. The highest BCUT2D eigenvalue weighted by Gasteiger charge is 2.15. The molecule has 0 fully saturated rings. The van der Waals surface area contributed by atoms with Crippen LogP contribution in [0.4, 0.5) is 0 Å². The van der Waals surface area contributed by atoms with E-state index < -0.39 is 10.0 Å². The van der Waals surface area contributed by atoms with E-state index in [1.165, 1.54) is 6.07 Å². The Morgan fingerprint density at radius 3 is 2.77 bits per heavy atom. The molecule has 2 aromatic heterocycles. The number of aryl methyl sites for hydroxylation is 1. The minimum Gasteiger partial charge on any atom is -0.322 e. The van der Waals surface area contributed by atoms with Crippen LogP contribution in [0.25, 0.3) is 10.9 Å². The number of rotatable bonds is 4. The smallest absolute Gasteiger partial charge is 0.252 e. The van der Waals surface area contributed by atoms with E-state index in [1.54, 1.807) is 17.5 Å². The number of thiophene rings is 1. The molecule has 0 aliphatic carbocycles. The maximum Gasteiger partial charge on any atom is 0.252 e. The van der Waals surface area contributed by atoms with Crippen LogP contribution in [-0.4, -0.2) is 13.4 Å². The first-order valence-electron chi connectivity index (χ1n) is 6.61. The Balaban J connectivity index is 1.90. The van der Waals surface area contributed by atoms with Crippen LogP contribution in [0.5, 0.6) is 0 Å². The molecule has 0 unspecified atom stereocenters. The van der Waals surface area contributed by atoms with Crippen molar-refractivity contribution in [3.8, 4) is 0 Å². The maximum atomic E-state index is 12.1. The lowest BCUT2D eigenvalue weighted by Gasteiger charge is -2.06. The number of aromatic amines is 1. The molecule has 0 spiro atoms. The summed E-state index contributed by atoms with van der Waals surface area (Å²) in [5, 5.41) is 2.57. The normalized spacial score (nSPS) is 11.9. The van der Waals surface area contributed by atoms with E-state index >= 15 is 0 Å². The summed E-state index contributed by atoms with van der Waals surface area (Å²) in [6.45, 7) is 1.90. The molecule has 114 valence electrons. The monoisotopic (exact) mass is 334 g/mol. The van der Waals surface area contributed by atoms with E-state index in [0.29, 0.717) is 5.56 Å². The number of H-pyrrole nitrogens is 1. The first-order chi connectivity index (χ1) is 10.5. The van der Waals surface area contributed by atoms with Gasteiger partial charge in [0.05, 0.1) is 0 Å². The highest BCUT2D eigenvalue weighted by Crippen LogP contribution is 2.16. The zero-order valence-electron chi connectivity index (χ0n) is 11.8. The molecule has 1 aromatic carbocycles. The molecule has 0 amide bonds. The van der Waals surface area contributed by atoms with Gasteiger partial charge in [0, 0.05) is 17.6 Å². The number of sulfonamides is 1. The topological polar surface area (TPSA) is 79.0 Å². The molecule has 5 nitrogen and oxygen atoms in total. The predicted octanol–water partition coefficient (Wildman–Crippen LogP) is 2.38. The zero-order valence-corrected chi connectivity index (χ0v) is 13.4. The molecule has 7 heteroatoms. The second kappa shape index (κ2) is 5.68. The molecule has 22 heavy (non-hydrogen) atoms. The number of nitrogens with one attached hydrogen (secondary N) is 2. The summed E-state index contributed by atoms with van der Waals surface area (Å²) in [6.07, 6.45) is 0. The fourth-order valence-corrected chi connectivity index (χ4v) is 4.20. The standard InChI is InChI=1S/C15H14N2O3S2/c1-10-4-5-11-8-12(15(18)17-13(11)7-10)9-16-22(19,20)14-3-2-6-21-14/h2-8,16H,9H2,1H3,(H,17,18). The van der Waals surface area contributed by atoms with E-state index in [1.807, 2.05) is 25.1 Å². The Morgan fingerprint density at radius 1 is 1.23 bits per heavy atom. The quantitative estimate of drug-likeness (QED) is 0.769. The first kappa shape index (κ1) is 15.0. The van der Waals surface area contributed by atoms with Crippen molar-refractivity contribution in [3.63, 3.8) is 0 Å². The molecule has 0 aliphatic heterocycles. The van der Waals surface area contributed by atoms with Crippen molar-refractivity contribution in [1.82, 2.24) is 9.71 Å². The average molecular weight is 334 g/mol. The van der Waals surface area contributed by atoms with Gasteiger partial charge in [0.2, 0.25) is 10.0 Å². The van der Waals surface area contributed by atoms with E-state index in [-0.39, 0.29) is 16.3 Å². The van der Waals surface area contributed by atoms with Crippen LogP contribution in [-0.2, 0) is 16.6 Å². The summed E-state index contributed by atoms with van der Waals surface area (Å²) < 4.78 is 26.8. The number of fused-ring (bicyclic) bond motifs is 1. The minimum atomic E-state index is -3.58. The third-order valence-electron chi connectivity index (χ3n) is 3.29. The second-order valence-electron chi connectivity index (χ2n) is 4.97. The van der Waals surface area contributed by atoms with Gasteiger partial charge in [-0.25, -0.2) is 13.1 Å². The van der Waals surface area contributed by atoms with Gasteiger partial charge in [-0.3, -0.25) is 4.79 Å². The van der Waals surface area contributed by atoms with Gasteiger partial charge in [-0.05, 0) is 41.5 Å². The predicted molar refractivity (Wildman–Crippen MR) is 87.7 cm³/mol.